The Kier molecular flexibility index (Phi) is 5.80. The average Bonchev–Trinajstić information content (AvgIpc) is 2.25. The number of nitrogens with two attached hydrogens (primary N) is 1. The maximum atomic E-state index is 5.57. The Morgan fingerprint density at radius 3 is 2.62 bits per heavy atom. The predicted molar refractivity (Wildman–Crippen MR) is 68.6 cm³/mol. The number of halogens is 1. The van der Waals surface area contributed by atoms with Crippen LogP contribution in [0, 0.1) is 0 Å². The van der Waals surface area contributed by atoms with Crippen molar-refractivity contribution >= 4 is 15.9 Å². The van der Waals surface area contributed by atoms with Gasteiger partial charge >= 0.3 is 0 Å². The van der Waals surface area contributed by atoms with E-state index in [1.165, 1.54) is 0 Å². The molecule has 1 rings (SSSR count). The van der Waals surface area contributed by atoms with Gasteiger partial charge in [0, 0.05) is 6.54 Å². The molecule has 4 heteroatoms. The summed E-state index contributed by atoms with van der Waals surface area (Å²) in [4.78, 5) is 0. The topological polar surface area (TPSA) is 44.5 Å². The summed E-state index contributed by atoms with van der Waals surface area (Å²) < 4.78 is 11.9. The second-order valence-corrected chi connectivity index (χ2v) is 4.59. The molecule has 1 aromatic rings. The Labute approximate surface area is 105 Å². The standard InChI is InChI=1S/C12H18BrNO2/c1-9(2)15-5-6-16-12-4-3-10(8-14)7-11(12)13/h3-4,7,9H,5-6,8,14H2,1-2H3. The van der Waals surface area contributed by atoms with E-state index in [0.717, 1.165) is 15.8 Å². The van der Waals surface area contributed by atoms with Gasteiger partial charge in [-0.3, -0.25) is 0 Å². The quantitative estimate of drug-likeness (QED) is 0.819. The van der Waals surface area contributed by atoms with Crippen LogP contribution >= 0.6 is 15.9 Å². The summed E-state index contributed by atoms with van der Waals surface area (Å²) in [6, 6.07) is 5.85. The normalized spacial score (nSPS) is 10.8. The summed E-state index contributed by atoms with van der Waals surface area (Å²) in [5.41, 5.74) is 6.62. The van der Waals surface area contributed by atoms with E-state index in [2.05, 4.69) is 15.9 Å². The lowest BCUT2D eigenvalue weighted by Gasteiger charge is -2.11. The SMILES string of the molecule is CC(C)OCCOc1ccc(CN)cc1Br. The van der Waals surface area contributed by atoms with Crippen LogP contribution in [0.3, 0.4) is 0 Å². The van der Waals surface area contributed by atoms with Crippen LogP contribution in [0.1, 0.15) is 19.4 Å². The van der Waals surface area contributed by atoms with E-state index in [-0.39, 0.29) is 6.10 Å². The summed E-state index contributed by atoms with van der Waals surface area (Å²) >= 11 is 3.45. The Morgan fingerprint density at radius 2 is 2.06 bits per heavy atom. The van der Waals surface area contributed by atoms with Gasteiger partial charge in [0.1, 0.15) is 12.4 Å². The predicted octanol–water partition coefficient (Wildman–Crippen LogP) is 2.71. The van der Waals surface area contributed by atoms with Crippen LogP contribution in [0.2, 0.25) is 0 Å². The molecule has 0 saturated heterocycles. The second-order valence-electron chi connectivity index (χ2n) is 3.74. The maximum Gasteiger partial charge on any atom is 0.133 e. The number of hydrogen-bond acceptors (Lipinski definition) is 3. The highest BCUT2D eigenvalue weighted by atomic mass is 79.9. The van der Waals surface area contributed by atoms with Crippen LogP contribution in [0.5, 0.6) is 5.75 Å². The van der Waals surface area contributed by atoms with Crippen LogP contribution < -0.4 is 10.5 Å². The van der Waals surface area contributed by atoms with Crippen LogP contribution in [0.4, 0.5) is 0 Å². The molecule has 0 aromatic heterocycles. The largest absolute Gasteiger partial charge is 0.490 e. The Balaban J connectivity index is 2.42. The molecular formula is C12H18BrNO2. The van der Waals surface area contributed by atoms with Crippen molar-refractivity contribution in [2.24, 2.45) is 5.73 Å². The van der Waals surface area contributed by atoms with E-state index in [0.29, 0.717) is 19.8 Å². The second kappa shape index (κ2) is 6.89. The van der Waals surface area contributed by atoms with Crippen molar-refractivity contribution in [1.29, 1.82) is 0 Å². The Hall–Kier alpha value is -0.580. The van der Waals surface area contributed by atoms with E-state index in [4.69, 9.17) is 15.2 Å². The summed E-state index contributed by atoms with van der Waals surface area (Å²) in [6.07, 6.45) is 0.242. The van der Waals surface area contributed by atoms with Crippen molar-refractivity contribution in [3.05, 3.63) is 28.2 Å². The van der Waals surface area contributed by atoms with E-state index in [1.807, 2.05) is 32.0 Å². The van der Waals surface area contributed by atoms with Gasteiger partial charge in [0.05, 0.1) is 17.2 Å². The number of hydrogen-bond donors (Lipinski definition) is 1. The lowest BCUT2D eigenvalue weighted by Crippen LogP contribution is -2.11. The Bertz CT molecular complexity index is 329. The third-order valence-corrected chi connectivity index (χ3v) is 2.64. The molecule has 16 heavy (non-hydrogen) atoms. The third kappa shape index (κ3) is 4.51. The lowest BCUT2D eigenvalue weighted by atomic mass is 10.2. The zero-order valence-electron chi connectivity index (χ0n) is 9.70. The van der Waals surface area contributed by atoms with E-state index >= 15 is 0 Å². The van der Waals surface area contributed by atoms with Crippen molar-refractivity contribution in [1.82, 2.24) is 0 Å². The molecule has 0 fully saturated rings. The molecule has 0 unspecified atom stereocenters. The molecule has 0 atom stereocenters. The molecule has 0 radical (unpaired) electrons. The van der Waals surface area contributed by atoms with Gasteiger partial charge in [-0.05, 0) is 47.5 Å². The minimum absolute atomic E-state index is 0.242. The van der Waals surface area contributed by atoms with E-state index in [9.17, 15) is 0 Å². The molecule has 0 aliphatic rings. The molecular weight excluding hydrogens is 270 g/mol. The summed E-state index contributed by atoms with van der Waals surface area (Å²) in [5, 5.41) is 0. The van der Waals surface area contributed by atoms with Crippen molar-refractivity contribution in [2.75, 3.05) is 13.2 Å². The summed E-state index contributed by atoms with van der Waals surface area (Å²) in [6.45, 7) is 5.70. The van der Waals surface area contributed by atoms with Gasteiger partial charge in [-0.2, -0.15) is 0 Å². The lowest BCUT2D eigenvalue weighted by molar-refractivity contribution is 0.0551. The number of rotatable bonds is 6. The zero-order valence-corrected chi connectivity index (χ0v) is 11.3. The number of ether oxygens (including phenoxy) is 2. The molecule has 3 nitrogen and oxygen atoms in total. The van der Waals surface area contributed by atoms with Crippen LogP contribution in [-0.2, 0) is 11.3 Å². The van der Waals surface area contributed by atoms with Gasteiger partial charge in [-0.25, -0.2) is 0 Å². The van der Waals surface area contributed by atoms with Gasteiger partial charge in [-0.1, -0.05) is 6.07 Å². The van der Waals surface area contributed by atoms with E-state index in [1.54, 1.807) is 0 Å². The molecule has 0 aliphatic carbocycles. The van der Waals surface area contributed by atoms with Gasteiger partial charge in [0.2, 0.25) is 0 Å². The molecule has 1 aromatic carbocycles. The monoisotopic (exact) mass is 287 g/mol. The van der Waals surface area contributed by atoms with Gasteiger partial charge < -0.3 is 15.2 Å². The highest BCUT2D eigenvalue weighted by molar-refractivity contribution is 9.10. The first-order valence-electron chi connectivity index (χ1n) is 5.36. The molecule has 90 valence electrons. The zero-order chi connectivity index (χ0) is 12.0. The molecule has 0 amide bonds. The minimum Gasteiger partial charge on any atom is -0.490 e. The number of benzene rings is 1. The van der Waals surface area contributed by atoms with Crippen molar-refractivity contribution in [3.8, 4) is 5.75 Å². The summed E-state index contributed by atoms with van der Waals surface area (Å²) in [5.74, 6) is 0.824. The average molecular weight is 288 g/mol. The highest BCUT2D eigenvalue weighted by Crippen LogP contribution is 2.25. The van der Waals surface area contributed by atoms with Crippen molar-refractivity contribution < 1.29 is 9.47 Å². The first-order chi connectivity index (χ1) is 7.63. The molecule has 0 saturated carbocycles. The molecule has 0 heterocycles. The Morgan fingerprint density at radius 1 is 1.31 bits per heavy atom. The fourth-order valence-electron chi connectivity index (χ4n) is 1.22. The van der Waals surface area contributed by atoms with Crippen LogP contribution in [0.15, 0.2) is 22.7 Å². The van der Waals surface area contributed by atoms with Gasteiger partial charge in [-0.15, -0.1) is 0 Å². The molecule has 0 aliphatic heterocycles. The first kappa shape index (κ1) is 13.5. The minimum atomic E-state index is 0.242. The van der Waals surface area contributed by atoms with Gasteiger partial charge in [0.15, 0.2) is 0 Å². The van der Waals surface area contributed by atoms with Crippen molar-refractivity contribution in [2.45, 2.75) is 26.5 Å². The highest BCUT2D eigenvalue weighted by Gasteiger charge is 2.02. The van der Waals surface area contributed by atoms with Gasteiger partial charge in [0.25, 0.3) is 0 Å². The summed E-state index contributed by atoms with van der Waals surface area (Å²) in [7, 11) is 0. The maximum absolute atomic E-state index is 5.57. The molecule has 2 N–H and O–H groups in total. The van der Waals surface area contributed by atoms with Crippen LogP contribution in [-0.4, -0.2) is 19.3 Å². The van der Waals surface area contributed by atoms with Crippen LogP contribution in [0.25, 0.3) is 0 Å². The fraction of sp³-hybridized carbons (Fsp3) is 0.500. The van der Waals surface area contributed by atoms with Crippen molar-refractivity contribution in [3.63, 3.8) is 0 Å². The fourth-order valence-corrected chi connectivity index (χ4v) is 1.76. The molecule has 0 spiro atoms. The third-order valence-electron chi connectivity index (χ3n) is 2.02. The molecule has 0 bridgehead atoms. The smallest absolute Gasteiger partial charge is 0.133 e. The van der Waals surface area contributed by atoms with E-state index < -0.39 is 0 Å². The first-order valence-corrected chi connectivity index (χ1v) is 6.15.